The Kier molecular flexibility index (Phi) is 2.75. The van der Waals surface area contributed by atoms with Crippen LogP contribution >= 0.6 is 11.8 Å². The number of aromatic hydroxyl groups is 1. The second-order valence-electron chi connectivity index (χ2n) is 2.58. The highest BCUT2D eigenvalue weighted by Crippen LogP contribution is 2.18. The van der Waals surface area contributed by atoms with Crippen LogP contribution in [0.3, 0.4) is 0 Å². The number of hydrogen-bond acceptors (Lipinski definition) is 4. The maximum Gasteiger partial charge on any atom is 0.255 e. The molecule has 4 nitrogen and oxygen atoms in total. The van der Waals surface area contributed by atoms with Gasteiger partial charge in [-0.1, -0.05) is 25.6 Å². The van der Waals surface area contributed by atoms with Gasteiger partial charge in [-0.2, -0.15) is 4.98 Å². The van der Waals surface area contributed by atoms with Crippen molar-refractivity contribution in [3.63, 3.8) is 0 Å². The van der Waals surface area contributed by atoms with E-state index in [0.29, 0.717) is 10.4 Å². The van der Waals surface area contributed by atoms with Crippen molar-refractivity contribution in [2.24, 2.45) is 0 Å². The zero-order chi connectivity index (χ0) is 9.14. The van der Waals surface area contributed by atoms with Crippen molar-refractivity contribution in [3.05, 3.63) is 16.4 Å². The molecule has 1 aromatic rings. The van der Waals surface area contributed by atoms with E-state index in [4.69, 9.17) is 5.11 Å². The maximum atomic E-state index is 10.8. The van der Waals surface area contributed by atoms with Gasteiger partial charge in [0.1, 0.15) is 0 Å². The highest BCUT2D eigenvalue weighted by molar-refractivity contribution is 7.99. The largest absolute Gasteiger partial charge is 0.493 e. The summed E-state index contributed by atoms with van der Waals surface area (Å²) in [4.78, 5) is 17.1. The first kappa shape index (κ1) is 9.12. The molecule has 0 fully saturated rings. The fourth-order valence-electron chi connectivity index (χ4n) is 0.702. The number of aromatic nitrogens is 2. The van der Waals surface area contributed by atoms with Crippen LogP contribution in [0.1, 0.15) is 13.8 Å². The van der Waals surface area contributed by atoms with E-state index in [2.05, 4.69) is 9.97 Å². The van der Waals surface area contributed by atoms with Crippen molar-refractivity contribution in [1.82, 2.24) is 9.97 Å². The van der Waals surface area contributed by atoms with Crippen molar-refractivity contribution in [2.45, 2.75) is 24.3 Å². The molecule has 5 heteroatoms. The second kappa shape index (κ2) is 3.62. The molecule has 0 spiro atoms. The lowest BCUT2D eigenvalue weighted by Gasteiger charge is -2.02. The molecule has 0 unspecified atom stereocenters. The summed E-state index contributed by atoms with van der Waals surface area (Å²) in [6, 6.07) is 1.05. The highest BCUT2D eigenvalue weighted by Gasteiger charge is 2.02. The second-order valence-corrected chi connectivity index (χ2v) is 4.14. The van der Waals surface area contributed by atoms with Crippen molar-refractivity contribution < 1.29 is 5.11 Å². The molecule has 2 N–H and O–H groups in total. The Balaban J connectivity index is 2.93. The topological polar surface area (TPSA) is 66.0 Å². The molecule has 1 aromatic heterocycles. The van der Waals surface area contributed by atoms with E-state index in [9.17, 15) is 4.79 Å². The van der Waals surface area contributed by atoms with Crippen LogP contribution in [-0.4, -0.2) is 20.3 Å². The number of thioether (sulfide) groups is 1. The molecule has 0 amide bonds. The van der Waals surface area contributed by atoms with E-state index in [1.165, 1.54) is 11.8 Å². The molecule has 1 rings (SSSR count). The molecular weight excluding hydrogens is 176 g/mol. The normalized spacial score (nSPS) is 10.6. The summed E-state index contributed by atoms with van der Waals surface area (Å²) in [6.45, 7) is 3.96. The van der Waals surface area contributed by atoms with Gasteiger partial charge in [0.15, 0.2) is 5.16 Å². The first-order chi connectivity index (χ1) is 5.58. The summed E-state index contributed by atoms with van der Waals surface area (Å²) in [5, 5.41) is 9.74. The van der Waals surface area contributed by atoms with Crippen molar-refractivity contribution in [3.8, 4) is 5.88 Å². The molecule has 0 saturated carbocycles. The van der Waals surface area contributed by atoms with E-state index in [1.807, 2.05) is 13.8 Å². The first-order valence-electron chi connectivity index (χ1n) is 3.55. The van der Waals surface area contributed by atoms with Gasteiger partial charge in [0.25, 0.3) is 5.56 Å². The molecule has 0 aliphatic rings. The molecule has 0 saturated heterocycles. The van der Waals surface area contributed by atoms with E-state index < -0.39 is 0 Å². The molecular formula is C7H10N2O2S. The van der Waals surface area contributed by atoms with E-state index in [0.717, 1.165) is 6.07 Å². The third-order valence-electron chi connectivity index (χ3n) is 1.05. The van der Waals surface area contributed by atoms with Crippen LogP contribution in [0.25, 0.3) is 0 Å². The summed E-state index contributed by atoms with van der Waals surface area (Å²) < 4.78 is 0. The van der Waals surface area contributed by atoms with Crippen LogP contribution in [-0.2, 0) is 0 Å². The molecule has 66 valence electrons. The number of nitrogens with zero attached hydrogens (tertiary/aromatic N) is 1. The molecule has 0 aliphatic heterocycles. The Morgan fingerprint density at radius 1 is 1.67 bits per heavy atom. The lowest BCUT2D eigenvalue weighted by molar-refractivity contribution is 0.444. The standard InChI is InChI=1S/C7H10N2O2S/c1-4(2)12-7-8-5(10)3-6(11)9-7/h3-4H,1-2H3,(H2,8,9,10,11). The number of rotatable bonds is 2. The fourth-order valence-corrected chi connectivity index (χ4v) is 1.45. The molecule has 0 aromatic carbocycles. The highest BCUT2D eigenvalue weighted by atomic mass is 32.2. The Morgan fingerprint density at radius 2 is 2.33 bits per heavy atom. The SMILES string of the molecule is CC(C)Sc1nc(O)cc(=O)[nH]1. The maximum absolute atomic E-state index is 10.8. The summed E-state index contributed by atoms with van der Waals surface area (Å²) >= 11 is 1.40. The average molecular weight is 186 g/mol. The predicted molar refractivity (Wildman–Crippen MR) is 47.5 cm³/mol. The van der Waals surface area contributed by atoms with Gasteiger partial charge in [-0.05, 0) is 0 Å². The van der Waals surface area contributed by atoms with Gasteiger partial charge in [-0.3, -0.25) is 4.79 Å². The van der Waals surface area contributed by atoms with E-state index in [-0.39, 0.29) is 11.4 Å². The smallest absolute Gasteiger partial charge is 0.255 e. The van der Waals surface area contributed by atoms with E-state index >= 15 is 0 Å². The zero-order valence-corrected chi connectivity index (χ0v) is 7.68. The number of nitrogens with one attached hydrogen (secondary N) is 1. The van der Waals surface area contributed by atoms with Gasteiger partial charge in [0.05, 0.1) is 6.07 Å². The van der Waals surface area contributed by atoms with Gasteiger partial charge in [0.2, 0.25) is 5.88 Å². The first-order valence-corrected chi connectivity index (χ1v) is 4.43. The Bertz CT molecular complexity index is 321. The number of aromatic amines is 1. The van der Waals surface area contributed by atoms with Crippen LogP contribution in [0.2, 0.25) is 0 Å². The lowest BCUT2D eigenvalue weighted by Crippen LogP contribution is -2.07. The molecule has 0 atom stereocenters. The minimum Gasteiger partial charge on any atom is -0.493 e. The summed E-state index contributed by atoms with van der Waals surface area (Å²) in [5.41, 5.74) is -0.328. The van der Waals surface area contributed by atoms with Gasteiger partial charge in [-0.15, -0.1) is 0 Å². The quantitative estimate of drug-likeness (QED) is 0.533. The number of hydrogen-bond donors (Lipinski definition) is 2. The minimum atomic E-state index is -0.328. The fraction of sp³-hybridized carbons (Fsp3) is 0.429. The Hall–Kier alpha value is -0.970. The minimum absolute atomic E-state index is 0.234. The third kappa shape index (κ3) is 2.58. The molecule has 0 aliphatic carbocycles. The molecule has 12 heavy (non-hydrogen) atoms. The Morgan fingerprint density at radius 3 is 2.83 bits per heavy atom. The predicted octanol–water partition coefficient (Wildman–Crippen LogP) is 0.976. The van der Waals surface area contributed by atoms with Crippen molar-refractivity contribution >= 4 is 11.8 Å². The van der Waals surface area contributed by atoms with Crippen LogP contribution in [0.5, 0.6) is 5.88 Å². The van der Waals surface area contributed by atoms with Gasteiger partial charge < -0.3 is 10.1 Å². The summed E-state index contributed by atoms with van der Waals surface area (Å²) in [7, 11) is 0. The van der Waals surface area contributed by atoms with Crippen LogP contribution in [0.4, 0.5) is 0 Å². The monoisotopic (exact) mass is 186 g/mol. The van der Waals surface area contributed by atoms with Crippen molar-refractivity contribution in [2.75, 3.05) is 0 Å². The summed E-state index contributed by atoms with van der Waals surface area (Å²) in [5.74, 6) is -0.234. The zero-order valence-electron chi connectivity index (χ0n) is 6.87. The average Bonchev–Trinajstić information content (AvgIpc) is 1.81. The van der Waals surface area contributed by atoms with Gasteiger partial charge >= 0.3 is 0 Å². The summed E-state index contributed by atoms with van der Waals surface area (Å²) in [6.07, 6.45) is 0. The lowest BCUT2D eigenvalue weighted by atomic mass is 10.6. The van der Waals surface area contributed by atoms with Crippen molar-refractivity contribution in [1.29, 1.82) is 0 Å². The van der Waals surface area contributed by atoms with Crippen LogP contribution in [0, 0.1) is 0 Å². The number of H-pyrrole nitrogens is 1. The Labute approximate surface area is 74.0 Å². The van der Waals surface area contributed by atoms with Gasteiger partial charge in [0, 0.05) is 5.25 Å². The van der Waals surface area contributed by atoms with Crippen LogP contribution < -0.4 is 5.56 Å². The van der Waals surface area contributed by atoms with E-state index in [1.54, 1.807) is 0 Å². The molecule has 0 bridgehead atoms. The van der Waals surface area contributed by atoms with Crippen LogP contribution in [0.15, 0.2) is 16.0 Å². The van der Waals surface area contributed by atoms with Gasteiger partial charge in [-0.25, -0.2) is 0 Å². The molecule has 1 heterocycles. The molecule has 0 radical (unpaired) electrons. The third-order valence-corrected chi connectivity index (χ3v) is 1.94.